The number of urea groups is 1. The molecule has 4 heterocycles. The van der Waals surface area contributed by atoms with E-state index in [1.807, 2.05) is 41.4 Å². The van der Waals surface area contributed by atoms with Crippen molar-refractivity contribution < 1.29 is 24.2 Å². The van der Waals surface area contributed by atoms with Gasteiger partial charge >= 0.3 is 12.0 Å². The van der Waals surface area contributed by atoms with Gasteiger partial charge in [0.2, 0.25) is 5.88 Å². The van der Waals surface area contributed by atoms with Gasteiger partial charge < -0.3 is 24.4 Å². The zero-order chi connectivity index (χ0) is 28.3. The van der Waals surface area contributed by atoms with Gasteiger partial charge in [-0.25, -0.2) is 14.6 Å². The Morgan fingerprint density at radius 2 is 1.85 bits per heavy atom. The van der Waals surface area contributed by atoms with Crippen LogP contribution in [0.4, 0.5) is 4.79 Å². The van der Waals surface area contributed by atoms with Crippen LogP contribution >= 0.6 is 11.6 Å². The predicted molar refractivity (Wildman–Crippen MR) is 153 cm³/mol. The lowest BCUT2D eigenvalue weighted by molar-refractivity contribution is 0.0696. The van der Waals surface area contributed by atoms with E-state index >= 15 is 0 Å². The Labute approximate surface area is 244 Å². The number of nitrogens with zero attached hydrogens (tertiary/aromatic N) is 4. The molecular weight excluding hydrogens is 544 g/mol. The molecular formula is C31H33ClN4O5. The van der Waals surface area contributed by atoms with E-state index in [1.165, 1.54) is 12.1 Å². The largest absolute Gasteiger partial charge is 0.478 e. The van der Waals surface area contributed by atoms with Crippen LogP contribution in [0, 0.1) is 0 Å². The average Bonchev–Trinajstić information content (AvgIpc) is 3.63. The second kappa shape index (κ2) is 12.1. The quantitative estimate of drug-likeness (QED) is 0.380. The first kappa shape index (κ1) is 27.5. The number of pyridine rings is 1. The predicted octanol–water partition coefficient (Wildman–Crippen LogP) is 5.46. The number of carboxylic acids is 1. The molecule has 10 heteroatoms. The van der Waals surface area contributed by atoms with Crippen LogP contribution in [0.1, 0.15) is 46.8 Å². The molecule has 2 amide bonds. The van der Waals surface area contributed by atoms with E-state index in [2.05, 4.69) is 20.9 Å². The first-order valence-corrected chi connectivity index (χ1v) is 14.4. The minimum Gasteiger partial charge on any atom is -0.478 e. The number of carbonyl (C=O) groups is 2. The lowest BCUT2D eigenvalue weighted by atomic mass is 9.99. The van der Waals surface area contributed by atoms with Crippen LogP contribution in [-0.2, 0) is 11.3 Å². The summed E-state index contributed by atoms with van der Waals surface area (Å²) in [4.78, 5) is 35.7. The van der Waals surface area contributed by atoms with Crippen molar-refractivity contribution in [2.24, 2.45) is 0 Å². The van der Waals surface area contributed by atoms with Gasteiger partial charge in [0.1, 0.15) is 5.75 Å². The van der Waals surface area contributed by atoms with E-state index < -0.39 is 5.97 Å². The van der Waals surface area contributed by atoms with Crippen molar-refractivity contribution >= 4 is 23.6 Å². The van der Waals surface area contributed by atoms with Gasteiger partial charge in [0, 0.05) is 56.1 Å². The molecule has 3 aliphatic rings. The maximum absolute atomic E-state index is 13.7. The van der Waals surface area contributed by atoms with Crippen molar-refractivity contribution in [3.8, 4) is 11.6 Å². The fraction of sp³-hybridized carbons (Fsp3) is 0.387. The lowest BCUT2D eigenvalue weighted by Crippen LogP contribution is -2.48. The highest BCUT2D eigenvalue weighted by molar-refractivity contribution is 6.30. The Kier molecular flexibility index (Phi) is 8.09. The number of benzene rings is 2. The molecule has 3 aliphatic heterocycles. The fourth-order valence-electron chi connectivity index (χ4n) is 6.06. The van der Waals surface area contributed by atoms with E-state index in [0.717, 1.165) is 50.0 Å². The Bertz CT molecular complexity index is 1370. The van der Waals surface area contributed by atoms with Crippen molar-refractivity contribution in [3.05, 3.63) is 88.6 Å². The van der Waals surface area contributed by atoms with Crippen LogP contribution < -0.4 is 4.74 Å². The zero-order valence-electron chi connectivity index (χ0n) is 22.7. The molecule has 0 saturated carbocycles. The molecule has 2 atom stereocenters. The van der Waals surface area contributed by atoms with E-state index in [-0.39, 0.29) is 29.7 Å². The number of carbonyl (C=O) groups excluding carboxylic acids is 1. The molecule has 3 saturated heterocycles. The van der Waals surface area contributed by atoms with Crippen LogP contribution in [0.5, 0.6) is 11.6 Å². The summed E-state index contributed by atoms with van der Waals surface area (Å²) in [5.41, 5.74) is 2.37. The highest BCUT2D eigenvalue weighted by atomic mass is 35.5. The van der Waals surface area contributed by atoms with Gasteiger partial charge in [0.05, 0.1) is 24.3 Å². The smallest absolute Gasteiger partial charge is 0.335 e. The summed E-state index contributed by atoms with van der Waals surface area (Å²) in [5.74, 6) is 0.00778. The number of hydrogen-bond acceptors (Lipinski definition) is 6. The molecule has 6 rings (SSSR count). The molecule has 3 fully saturated rings. The molecule has 3 aromatic rings. The molecule has 214 valence electrons. The average molecular weight is 577 g/mol. The zero-order valence-corrected chi connectivity index (χ0v) is 23.4. The van der Waals surface area contributed by atoms with Gasteiger partial charge in [-0.2, -0.15) is 0 Å². The fourth-order valence-corrected chi connectivity index (χ4v) is 6.26. The number of piperidine rings is 1. The van der Waals surface area contributed by atoms with E-state index in [9.17, 15) is 9.59 Å². The van der Waals surface area contributed by atoms with Crippen molar-refractivity contribution in [2.45, 2.75) is 43.9 Å². The first-order valence-electron chi connectivity index (χ1n) is 14.1. The summed E-state index contributed by atoms with van der Waals surface area (Å²) in [6.07, 6.45) is 4.50. The summed E-state index contributed by atoms with van der Waals surface area (Å²) >= 11 is 6.34. The number of hydrogen-bond donors (Lipinski definition) is 1. The van der Waals surface area contributed by atoms with Gasteiger partial charge in [-0.15, -0.1) is 0 Å². The third-order valence-electron chi connectivity index (χ3n) is 8.23. The maximum Gasteiger partial charge on any atom is 0.335 e. The molecule has 2 unspecified atom stereocenters. The summed E-state index contributed by atoms with van der Waals surface area (Å²) in [6, 6.07) is 18.4. The lowest BCUT2D eigenvalue weighted by Gasteiger charge is -2.39. The topological polar surface area (TPSA) is 95.4 Å². The molecule has 2 aromatic carbocycles. The number of ether oxygens (including phenoxy) is 2. The number of aromatic carboxylic acids is 1. The molecule has 1 N–H and O–H groups in total. The van der Waals surface area contributed by atoms with Crippen molar-refractivity contribution in [1.29, 1.82) is 0 Å². The van der Waals surface area contributed by atoms with Crippen LogP contribution in [-0.4, -0.2) is 81.7 Å². The molecule has 0 radical (unpaired) electrons. The molecule has 1 aromatic heterocycles. The number of amides is 2. The third kappa shape index (κ3) is 6.17. The van der Waals surface area contributed by atoms with Gasteiger partial charge in [-0.3, -0.25) is 4.90 Å². The van der Waals surface area contributed by atoms with Gasteiger partial charge in [0.15, 0.2) is 0 Å². The highest BCUT2D eigenvalue weighted by Gasteiger charge is 2.45. The number of aromatic nitrogens is 1. The Morgan fingerprint density at radius 3 is 2.51 bits per heavy atom. The molecule has 9 nitrogen and oxygen atoms in total. The van der Waals surface area contributed by atoms with Gasteiger partial charge in [-0.05, 0) is 66.8 Å². The summed E-state index contributed by atoms with van der Waals surface area (Å²) in [6.45, 7) is 4.52. The Morgan fingerprint density at radius 1 is 1.05 bits per heavy atom. The maximum atomic E-state index is 13.7. The van der Waals surface area contributed by atoms with Crippen molar-refractivity contribution in [3.63, 3.8) is 0 Å². The summed E-state index contributed by atoms with van der Waals surface area (Å²) < 4.78 is 11.4. The number of likely N-dealkylation sites (tertiary alicyclic amines) is 1. The van der Waals surface area contributed by atoms with E-state index in [1.54, 1.807) is 12.1 Å². The first-order chi connectivity index (χ1) is 19.9. The van der Waals surface area contributed by atoms with Crippen LogP contribution in [0.3, 0.4) is 0 Å². The second-order valence-corrected chi connectivity index (χ2v) is 11.3. The Hall–Kier alpha value is -3.66. The van der Waals surface area contributed by atoms with Crippen LogP contribution in [0.2, 0.25) is 5.02 Å². The Balaban J connectivity index is 1.07. The SMILES string of the molecule is O=C(O)c1ccc(Oc2ccc(CN3CCC(N4C(=O)N(C5CCOC5)CC4c4cccc(Cl)c4)CC3)cn2)cc1. The normalized spacial score (nSPS) is 21.9. The van der Waals surface area contributed by atoms with E-state index in [0.29, 0.717) is 36.4 Å². The number of carboxylic acid groups (broad SMARTS) is 1. The summed E-state index contributed by atoms with van der Waals surface area (Å²) in [7, 11) is 0. The minimum absolute atomic E-state index is 0.0181. The second-order valence-electron chi connectivity index (χ2n) is 10.9. The van der Waals surface area contributed by atoms with Gasteiger partial charge in [0.25, 0.3) is 0 Å². The highest BCUT2D eigenvalue weighted by Crippen LogP contribution is 2.37. The number of rotatable bonds is 8. The number of halogens is 1. The van der Waals surface area contributed by atoms with E-state index in [4.69, 9.17) is 26.2 Å². The summed E-state index contributed by atoms with van der Waals surface area (Å²) in [5, 5.41) is 9.73. The van der Waals surface area contributed by atoms with Crippen LogP contribution in [0.25, 0.3) is 0 Å². The third-order valence-corrected chi connectivity index (χ3v) is 8.46. The standard InChI is InChI=1S/C31H33ClN4O5/c32-24-3-1-2-23(16-24)28-19-35(26-12-15-40-20-26)31(39)36(28)25-10-13-34(14-11-25)18-21-4-9-29(33-17-21)41-27-7-5-22(6-8-27)30(37)38/h1-9,16-17,25-26,28H,10-15,18-20H2,(H,37,38). The molecule has 0 aliphatic carbocycles. The van der Waals surface area contributed by atoms with Crippen molar-refractivity contribution in [1.82, 2.24) is 19.7 Å². The molecule has 41 heavy (non-hydrogen) atoms. The molecule has 0 spiro atoms. The molecule has 0 bridgehead atoms. The van der Waals surface area contributed by atoms with Gasteiger partial charge in [-0.1, -0.05) is 29.8 Å². The van der Waals surface area contributed by atoms with Crippen LogP contribution in [0.15, 0.2) is 66.9 Å². The van der Waals surface area contributed by atoms with Crippen molar-refractivity contribution in [2.75, 3.05) is 32.8 Å². The monoisotopic (exact) mass is 576 g/mol. The minimum atomic E-state index is -0.975.